The molecule has 3 amide bonds. The summed E-state index contributed by atoms with van der Waals surface area (Å²) < 4.78 is 86.0. The number of carbonyl (C=O) groups is 4. The minimum atomic E-state index is -4.85. The number of nitrogens with one attached hydrogen (secondary N) is 2. The molecule has 7 atom stereocenters. The standard InChI is InChI=1S/C32H40F4N4O7S/c1-18-7-3-4-8-20-15-31(20,29(44)39-48(45,46)30(17-33)11-12-30)38-26(41)24-14-21(16-40(24)27(42)25(37)19(2)13-18)47-28(43)22-9-5-6-10-23(22)32(34,35)36/h4-6,8-10,18-21,24-25H,3,7,11-17,37H2,1-2H3,(H,38,41)(H,39,44)/t18?,19-,20-,21-,24+,25+,31-/m1/s1. The van der Waals surface area contributed by atoms with Gasteiger partial charge >= 0.3 is 12.1 Å². The van der Waals surface area contributed by atoms with Gasteiger partial charge in [-0.1, -0.05) is 38.1 Å². The molecule has 2 aliphatic carbocycles. The maximum Gasteiger partial charge on any atom is 0.417 e. The van der Waals surface area contributed by atoms with Crippen molar-refractivity contribution in [3.63, 3.8) is 0 Å². The lowest BCUT2D eigenvalue weighted by Crippen LogP contribution is -2.58. The number of rotatable bonds is 6. The maximum atomic E-state index is 13.9. The third kappa shape index (κ3) is 6.96. The fraction of sp³-hybridized carbons (Fsp3) is 0.625. The largest absolute Gasteiger partial charge is 0.457 e. The summed E-state index contributed by atoms with van der Waals surface area (Å²) in [6, 6.07) is 1.63. The van der Waals surface area contributed by atoms with Crippen LogP contribution in [0.25, 0.3) is 0 Å². The molecular weight excluding hydrogens is 660 g/mol. The number of benzene rings is 1. The fourth-order valence-corrected chi connectivity index (χ4v) is 8.12. The van der Waals surface area contributed by atoms with Crippen molar-refractivity contribution in [1.82, 2.24) is 14.9 Å². The Morgan fingerprint density at radius 3 is 2.48 bits per heavy atom. The Morgan fingerprint density at radius 2 is 1.83 bits per heavy atom. The first kappa shape index (κ1) is 35.8. The van der Waals surface area contributed by atoms with Crippen molar-refractivity contribution in [1.29, 1.82) is 0 Å². The van der Waals surface area contributed by atoms with E-state index < -0.39 is 92.1 Å². The van der Waals surface area contributed by atoms with Gasteiger partial charge in [0.05, 0.1) is 23.7 Å². The van der Waals surface area contributed by atoms with Crippen LogP contribution in [0.15, 0.2) is 36.4 Å². The van der Waals surface area contributed by atoms with Crippen molar-refractivity contribution >= 4 is 33.7 Å². The van der Waals surface area contributed by atoms with Crippen LogP contribution in [0.2, 0.25) is 0 Å². The molecule has 264 valence electrons. The van der Waals surface area contributed by atoms with Gasteiger partial charge in [0.25, 0.3) is 5.91 Å². The van der Waals surface area contributed by atoms with Crippen molar-refractivity contribution in [2.24, 2.45) is 23.5 Å². The molecule has 4 aliphatic rings. The number of nitrogens with two attached hydrogens (primary N) is 1. The summed E-state index contributed by atoms with van der Waals surface area (Å²) in [6.45, 7) is 2.25. The lowest BCUT2D eigenvalue weighted by Gasteiger charge is -2.30. The van der Waals surface area contributed by atoms with E-state index in [1.165, 1.54) is 6.07 Å². The van der Waals surface area contributed by atoms with Crippen LogP contribution in [0.4, 0.5) is 17.6 Å². The Kier molecular flexibility index (Phi) is 9.74. The predicted octanol–water partition coefficient (Wildman–Crippen LogP) is 2.99. The Labute approximate surface area is 276 Å². The summed E-state index contributed by atoms with van der Waals surface area (Å²) in [4.78, 5) is 55.4. The second kappa shape index (κ2) is 13.1. The minimum absolute atomic E-state index is 0.0264. The summed E-state index contributed by atoms with van der Waals surface area (Å²) in [6.07, 6.45) is -0.813. The minimum Gasteiger partial charge on any atom is -0.457 e. The summed E-state index contributed by atoms with van der Waals surface area (Å²) >= 11 is 0. The molecular formula is C32H40F4N4O7S. The fourth-order valence-electron chi connectivity index (χ4n) is 6.69. The first-order chi connectivity index (χ1) is 22.4. The zero-order chi connectivity index (χ0) is 35.2. The quantitative estimate of drug-likeness (QED) is 0.232. The van der Waals surface area contributed by atoms with E-state index in [2.05, 4.69) is 5.32 Å². The first-order valence-electron chi connectivity index (χ1n) is 16.0. The highest BCUT2D eigenvalue weighted by atomic mass is 32.2. The van der Waals surface area contributed by atoms with E-state index in [4.69, 9.17) is 10.5 Å². The molecule has 1 aromatic carbocycles. The average molecular weight is 701 g/mol. The van der Waals surface area contributed by atoms with Gasteiger partial charge in [-0.05, 0) is 62.5 Å². The van der Waals surface area contributed by atoms with E-state index in [1.54, 1.807) is 13.0 Å². The lowest BCUT2D eigenvalue weighted by molar-refractivity contribution is -0.141. The summed E-state index contributed by atoms with van der Waals surface area (Å²) in [5.41, 5.74) is 2.70. The molecule has 2 heterocycles. The molecule has 1 unspecified atom stereocenters. The summed E-state index contributed by atoms with van der Waals surface area (Å²) in [7, 11) is -4.42. The monoisotopic (exact) mass is 700 g/mol. The number of alkyl halides is 4. The number of amides is 3. The molecule has 16 heteroatoms. The topological polar surface area (TPSA) is 165 Å². The van der Waals surface area contributed by atoms with Crippen molar-refractivity contribution in [2.45, 2.75) is 93.4 Å². The van der Waals surface area contributed by atoms with E-state index in [0.717, 1.165) is 29.5 Å². The number of halogens is 4. The van der Waals surface area contributed by atoms with Crippen LogP contribution in [0.1, 0.15) is 74.7 Å². The number of allylic oxidation sites excluding steroid dienone is 1. The third-order valence-electron chi connectivity index (χ3n) is 10.1. The van der Waals surface area contributed by atoms with Gasteiger partial charge in [0.15, 0.2) is 0 Å². The molecule has 0 radical (unpaired) electrons. The molecule has 2 aliphatic heterocycles. The molecule has 11 nitrogen and oxygen atoms in total. The molecule has 0 bridgehead atoms. The smallest absolute Gasteiger partial charge is 0.417 e. The van der Waals surface area contributed by atoms with Crippen LogP contribution in [0.3, 0.4) is 0 Å². The molecule has 48 heavy (non-hydrogen) atoms. The van der Waals surface area contributed by atoms with E-state index in [0.29, 0.717) is 12.8 Å². The van der Waals surface area contributed by atoms with Crippen LogP contribution in [0, 0.1) is 17.8 Å². The number of sulfonamides is 1. The Bertz CT molecular complexity index is 1600. The van der Waals surface area contributed by atoms with Crippen molar-refractivity contribution in [3.8, 4) is 0 Å². The number of carbonyl (C=O) groups excluding carboxylic acids is 4. The zero-order valence-corrected chi connectivity index (χ0v) is 27.4. The van der Waals surface area contributed by atoms with Crippen LogP contribution < -0.4 is 15.8 Å². The second-order valence-electron chi connectivity index (χ2n) is 13.7. The zero-order valence-electron chi connectivity index (χ0n) is 26.6. The summed E-state index contributed by atoms with van der Waals surface area (Å²) in [5, 5.41) is 2.63. The van der Waals surface area contributed by atoms with E-state index in [-0.39, 0.29) is 44.1 Å². The van der Waals surface area contributed by atoms with Gasteiger partial charge in [-0.2, -0.15) is 13.2 Å². The third-order valence-corrected chi connectivity index (χ3v) is 12.2. The van der Waals surface area contributed by atoms with Crippen molar-refractivity contribution in [3.05, 3.63) is 47.5 Å². The van der Waals surface area contributed by atoms with E-state index in [9.17, 15) is 45.2 Å². The van der Waals surface area contributed by atoms with Gasteiger partial charge in [0.2, 0.25) is 21.8 Å². The number of ether oxygens (including phenoxy) is 1. The normalized spacial score (nSPS) is 32.2. The molecule has 4 N–H and O–H groups in total. The Balaban J connectivity index is 1.43. The van der Waals surface area contributed by atoms with Crippen LogP contribution >= 0.6 is 0 Å². The number of esters is 1. The first-order valence-corrected chi connectivity index (χ1v) is 17.5. The molecule has 0 spiro atoms. The number of hydrogen-bond acceptors (Lipinski definition) is 8. The lowest BCUT2D eigenvalue weighted by atomic mass is 9.88. The van der Waals surface area contributed by atoms with Crippen molar-refractivity contribution < 1.29 is 49.9 Å². The van der Waals surface area contributed by atoms with Crippen LogP contribution in [-0.2, 0) is 35.3 Å². The van der Waals surface area contributed by atoms with Crippen molar-refractivity contribution in [2.75, 3.05) is 13.2 Å². The van der Waals surface area contributed by atoms with E-state index >= 15 is 0 Å². The average Bonchev–Trinajstić information content (AvgIpc) is 3.93. The maximum absolute atomic E-state index is 13.9. The van der Waals surface area contributed by atoms with Crippen LogP contribution in [-0.4, -0.2) is 78.7 Å². The molecule has 1 aromatic rings. The second-order valence-corrected chi connectivity index (χ2v) is 15.8. The molecule has 2 saturated carbocycles. The van der Waals surface area contributed by atoms with E-state index in [1.807, 2.05) is 17.7 Å². The number of hydrogen-bond donors (Lipinski definition) is 3. The molecule has 0 aromatic heterocycles. The summed E-state index contributed by atoms with van der Waals surface area (Å²) in [5.74, 6) is -4.66. The Hall–Kier alpha value is -3.53. The molecule has 3 fully saturated rings. The number of fused-ring (bicyclic) bond motifs is 2. The van der Waals surface area contributed by atoms with Gasteiger partial charge in [-0.25, -0.2) is 17.6 Å². The molecule has 1 saturated heterocycles. The molecule has 5 rings (SSSR count). The van der Waals surface area contributed by atoms with Crippen LogP contribution in [0.5, 0.6) is 0 Å². The Morgan fingerprint density at radius 1 is 1.15 bits per heavy atom. The highest BCUT2D eigenvalue weighted by Crippen LogP contribution is 2.48. The predicted molar refractivity (Wildman–Crippen MR) is 164 cm³/mol. The van der Waals surface area contributed by atoms with Gasteiger partial charge in [-0.3, -0.25) is 19.1 Å². The highest BCUT2D eigenvalue weighted by molar-refractivity contribution is 7.91. The SMILES string of the molecule is CC1CCC=C[C@@H]2C[C@@]2(C(=O)NS(=O)(=O)C2(CF)CC2)NC(=O)[C@@H]2C[C@@H](OC(=O)c3ccccc3C(F)(F)F)CN2C(=O)[C@@H](N)[C@H](C)C1. The van der Waals surface area contributed by atoms with Gasteiger partial charge < -0.3 is 20.7 Å². The van der Waals surface area contributed by atoms with Gasteiger partial charge in [-0.15, -0.1) is 0 Å². The van der Waals surface area contributed by atoms with Gasteiger partial charge in [0, 0.05) is 12.3 Å². The van der Waals surface area contributed by atoms with Gasteiger partial charge in [0.1, 0.15) is 29.1 Å². The highest BCUT2D eigenvalue weighted by Gasteiger charge is 2.64. The number of nitrogens with zero attached hydrogens (tertiary/aromatic N) is 1.